The number of hydrogen-bond donors (Lipinski definition) is 1. The molecule has 1 rings (SSSR count). The second-order valence-corrected chi connectivity index (χ2v) is 3.54. The molecule has 1 aromatic carbocycles. The third kappa shape index (κ3) is 2.57. The summed E-state index contributed by atoms with van der Waals surface area (Å²) in [6, 6.07) is 5.54. The molecule has 72 valence electrons. The van der Waals surface area contributed by atoms with Crippen molar-refractivity contribution in [2.24, 2.45) is 0 Å². The summed E-state index contributed by atoms with van der Waals surface area (Å²) in [6.45, 7) is 7.05. The zero-order valence-corrected chi connectivity index (χ0v) is 9.17. The highest BCUT2D eigenvalue weighted by molar-refractivity contribution is 9.10. The van der Waals surface area contributed by atoms with E-state index < -0.39 is 0 Å². The zero-order chi connectivity index (χ0) is 10.6. The van der Waals surface area contributed by atoms with Crippen molar-refractivity contribution in [2.45, 2.75) is 0 Å². The molecule has 3 heteroatoms. The lowest BCUT2D eigenvalue weighted by atomic mass is 10.2. The van der Waals surface area contributed by atoms with Crippen LogP contribution in [0.4, 0.5) is 5.69 Å². The summed E-state index contributed by atoms with van der Waals surface area (Å²) < 4.78 is 0.948. The van der Waals surface area contributed by atoms with Crippen LogP contribution >= 0.6 is 15.9 Å². The molecule has 0 heterocycles. The van der Waals surface area contributed by atoms with Gasteiger partial charge in [-0.15, -0.1) is 0 Å². The van der Waals surface area contributed by atoms with Gasteiger partial charge in [-0.3, -0.25) is 4.79 Å². The molecule has 0 spiro atoms. The summed E-state index contributed by atoms with van der Waals surface area (Å²) in [5.74, 6) is -0.226. The van der Waals surface area contributed by atoms with E-state index in [0.29, 0.717) is 0 Å². The topological polar surface area (TPSA) is 29.1 Å². The van der Waals surface area contributed by atoms with Gasteiger partial charge in [0.15, 0.2) is 0 Å². The lowest BCUT2D eigenvalue weighted by Crippen LogP contribution is -2.08. The molecule has 0 saturated heterocycles. The van der Waals surface area contributed by atoms with Crippen LogP contribution < -0.4 is 5.32 Å². The molecule has 0 aliphatic heterocycles. The minimum absolute atomic E-state index is 0.226. The molecule has 1 amide bonds. The molecule has 0 bridgehead atoms. The number of carbonyl (C=O) groups is 1. The monoisotopic (exact) mass is 251 g/mol. The number of anilines is 1. The molecule has 0 unspecified atom stereocenters. The van der Waals surface area contributed by atoms with Crippen molar-refractivity contribution < 1.29 is 4.79 Å². The van der Waals surface area contributed by atoms with Crippen molar-refractivity contribution in [2.75, 3.05) is 5.32 Å². The number of rotatable bonds is 3. The molecule has 0 aromatic heterocycles. The Labute approximate surface area is 91.5 Å². The van der Waals surface area contributed by atoms with E-state index in [-0.39, 0.29) is 5.91 Å². The van der Waals surface area contributed by atoms with Gasteiger partial charge in [-0.2, -0.15) is 0 Å². The standard InChI is InChI=1S/C11H10BrNO/c1-3-8-7-9(12)5-6-10(8)13-11(14)4-2/h3-7H,1-2H2,(H,13,14). The number of carbonyl (C=O) groups excluding carboxylic acids is 1. The normalized spacial score (nSPS) is 9.21. The van der Waals surface area contributed by atoms with Crippen LogP contribution in [0.25, 0.3) is 6.08 Å². The molecule has 0 aliphatic rings. The Kier molecular flexibility index (Phi) is 3.65. The van der Waals surface area contributed by atoms with Crippen molar-refractivity contribution in [3.05, 3.63) is 47.5 Å². The SMILES string of the molecule is C=CC(=O)Nc1ccc(Br)cc1C=C. The minimum atomic E-state index is -0.226. The van der Waals surface area contributed by atoms with Gasteiger partial charge in [-0.1, -0.05) is 35.2 Å². The van der Waals surface area contributed by atoms with E-state index >= 15 is 0 Å². The first-order valence-electron chi connectivity index (χ1n) is 4.02. The van der Waals surface area contributed by atoms with Gasteiger partial charge in [0.1, 0.15) is 0 Å². The molecule has 14 heavy (non-hydrogen) atoms. The number of amides is 1. The van der Waals surface area contributed by atoms with Crippen molar-refractivity contribution >= 4 is 33.6 Å². The molecule has 0 saturated carbocycles. The maximum Gasteiger partial charge on any atom is 0.247 e. The Morgan fingerprint density at radius 2 is 2.14 bits per heavy atom. The molecule has 0 aliphatic carbocycles. The van der Waals surface area contributed by atoms with Crippen LogP contribution in [-0.4, -0.2) is 5.91 Å². The van der Waals surface area contributed by atoms with Crippen LogP contribution in [-0.2, 0) is 4.79 Å². The molecular formula is C11H10BrNO. The zero-order valence-electron chi connectivity index (χ0n) is 7.59. The Bertz CT molecular complexity index is 385. The first-order chi connectivity index (χ1) is 6.67. The first-order valence-corrected chi connectivity index (χ1v) is 4.82. The number of nitrogens with one attached hydrogen (secondary N) is 1. The highest BCUT2D eigenvalue weighted by Crippen LogP contribution is 2.21. The molecule has 0 radical (unpaired) electrons. The molecule has 0 atom stereocenters. The number of halogens is 1. The highest BCUT2D eigenvalue weighted by atomic mass is 79.9. The third-order valence-electron chi connectivity index (χ3n) is 1.68. The highest BCUT2D eigenvalue weighted by Gasteiger charge is 2.01. The van der Waals surface area contributed by atoms with E-state index in [9.17, 15) is 4.79 Å². The lowest BCUT2D eigenvalue weighted by molar-refractivity contribution is -0.111. The van der Waals surface area contributed by atoms with Gasteiger partial charge < -0.3 is 5.32 Å². The van der Waals surface area contributed by atoms with Gasteiger partial charge in [0.05, 0.1) is 0 Å². The number of benzene rings is 1. The van der Waals surface area contributed by atoms with E-state index in [1.54, 1.807) is 6.08 Å². The van der Waals surface area contributed by atoms with E-state index in [1.807, 2.05) is 18.2 Å². The second-order valence-electron chi connectivity index (χ2n) is 2.63. The van der Waals surface area contributed by atoms with Crippen LogP contribution in [0.3, 0.4) is 0 Å². The Morgan fingerprint density at radius 1 is 1.43 bits per heavy atom. The number of hydrogen-bond acceptors (Lipinski definition) is 1. The van der Waals surface area contributed by atoms with Crippen molar-refractivity contribution in [3.8, 4) is 0 Å². The van der Waals surface area contributed by atoms with E-state index in [1.165, 1.54) is 6.08 Å². The molecular weight excluding hydrogens is 242 g/mol. The van der Waals surface area contributed by atoms with Gasteiger partial charge in [0.25, 0.3) is 0 Å². The average Bonchev–Trinajstić information content (AvgIpc) is 2.20. The van der Waals surface area contributed by atoms with Crippen molar-refractivity contribution in [1.82, 2.24) is 0 Å². The fourth-order valence-corrected chi connectivity index (χ4v) is 1.38. The fourth-order valence-electron chi connectivity index (χ4n) is 1.00. The van der Waals surface area contributed by atoms with E-state index in [4.69, 9.17) is 0 Å². The second kappa shape index (κ2) is 4.77. The molecule has 1 N–H and O–H groups in total. The summed E-state index contributed by atoms with van der Waals surface area (Å²) in [6.07, 6.45) is 2.92. The average molecular weight is 252 g/mol. The maximum absolute atomic E-state index is 11.1. The predicted octanol–water partition coefficient (Wildman–Crippen LogP) is 3.22. The van der Waals surface area contributed by atoms with Gasteiger partial charge in [-0.25, -0.2) is 0 Å². The summed E-state index contributed by atoms with van der Waals surface area (Å²) in [4.78, 5) is 11.1. The summed E-state index contributed by atoms with van der Waals surface area (Å²) in [7, 11) is 0. The van der Waals surface area contributed by atoms with Crippen LogP contribution in [0.15, 0.2) is 41.9 Å². The smallest absolute Gasteiger partial charge is 0.247 e. The van der Waals surface area contributed by atoms with Gasteiger partial charge in [0.2, 0.25) is 5.91 Å². The Morgan fingerprint density at radius 3 is 2.71 bits per heavy atom. The van der Waals surface area contributed by atoms with Crippen molar-refractivity contribution in [3.63, 3.8) is 0 Å². The largest absolute Gasteiger partial charge is 0.322 e. The fraction of sp³-hybridized carbons (Fsp3) is 0. The van der Waals surface area contributed by atoms with E-state index in [0.717, 1.165) is 15.7 Å². The first kappa shape index (κ1) is 10.7. The van der Waals surface area contributed by atoms with Crippen LogP contribution in [0.5, 0.6) is 0 Å². The van der Waals surface area contributed by atoms with Crippen LogP contribution in [0.2, 0.25) is 0 Å². The van der Waals surface area contributed by atoms with Gasteiger partial charge in [-0.05, 0) is 29.8 Å². The Balaban J connectivity index is 3.01. The molecule has 2 nitrogen and oxygen atoms in total. The maximum atomic E-state index is 11.1. The van der Waals surface area contributed by atoms with E-state index in [2.05, 4.69) is 34.4 Å². The minimum Gasteiger partial charge on any atom is -0.322 e. The molecule has 0 fully saturated rings. The Hall–Kier alpha value is -1.35. The van der Waals surface area contributed by atoms with Gasteiger partial charge in [0, 0.05) is 10.2 Å². The summed E-state index contributed by atoms with van der Waals surface area (Å²) >= 11 is 3.34. The van der Waals surface area contributed by atoms with Crippen molar-refractivity contribution in [1.29, 1.82) is 0 Å². The summed E-state index contributed by atoms with van der Waals surface area (Å²) in [5, 5.41) is 2.69. The van der Waals surface area contributed by atoms with Crippen LogP contribution in [0.1, 0.15) is 5.56 Å². The summed E-state index contributed by atoms with van der Waals surface area (Å²) in [5.41, 5.74) is 1.60. The lowest BCUT2D eigenvalue weighted by Gasteiger charge is -2.06. The predicted molar refractivity (Wildman–Crippen MR) is 63.1 cm³/mol. The molecule has 1 aromatic rings. The van der Waals surface area contributed by atoms with Gasteiger partial charge >= 0.3 is 0 Å². The quantitative estimate of drug-likeness (QED) is 0.822. The third-order valence-corrected chi connectivity index (χ3v) is 2.17. The van der Waals surface area contributed by atoms with Crippen LogP contribution in [0, 0.1) is 0 Å².